The molecule has 1 aromatic heterocycles. The third kappa shape index (κ3) is 2.02. The maximum Gasteiger partial charge on any atom is 0.223 e. The van der Waals surface area contributed by atoms with Gasteiger partial charge >= 0.3 is 0 Å². The van der Waals surface area contributed by atoms with Crippen molar-refractivity contribution in [2.24, 2.45) is 0 Å². The van der Waals surface area contributed by atoms with Crippen molar-refractivity contribution in [3.05, 3.63) is 23.9 Å². The lowest BCUT2D eigenvalue weighted by Crippen LogP contribution is -1.96. The summed E-state index contributed by atoms with van der Waals surface area (Å²) < 4.78 is 4.73. The zero-order chi connectivity index (χ0) is 8.97. The Kier molecular flexibility index (Phi) is 2.74. The van der Waals surface area contributed by atoms with Crippen molar-refractivity contribution in [2.45, 2.75) is 20.3 Å². The van der Waals surface area contributed by atoms with Crippen molar-refractivity contribution in [1.29, 1.82) is 5.41 Å². The molecule has 12 heavy (non-hydrogen) atoms. The lowest BCUT2D eigenvalue weighted by molar-refractivity contribution is 0.392. The van der Waals surface area contributed by atoms with Gasteiger partial charge in [-0.3, -0.25) is 5.41 Å². The van der Waals surface area contributed by atoms with Crippen LogP contribution in [0.4, 0.5) is 0 Å². The molecule has 0 radical (unpaired) electrons. The Labute approximate surface area is 70.8 Å². The number of allylic oxidation sites excluding steroid dienone is 2. The Morgan fingerprint density at radius 2 is 2.42 bits per heavy atom. The molecule has 4 heteroatoms. The first kappa shape index (κ1) is 8.64. The Morgan fingerprint density at radius 1 is 1.67 bits per heavy atom. The van der Waals surface area contributed by atoms with E-state index in [1.807, 2.05) is 13.0 Å². The molecular weight excluding hydrogens is 154 g/mol. The van der Waals surface area contributed by atoms with Gasteiger partial charge in [0.25, 0.3) is 0 Å². The van der Waals surface area contributed by atoms with E-state index in [1.54, 1.807) is 13.0 Å². The molecule has 0 atom stereocenters. The molecule has 64 valence electrons. The van der Waals surface area contributed by atoms with Crippen LogP contribution in [0.15, 0.2) is 16.7 Å². The van der Waals surface area contributed by atoms with E-state index in [0.29, 0.717) is 11.7 Å². The van der Waals surface area contributed by atoms with Crippen molar-refractivity contribution in [1.82, 2.24) is 10.1 Å². The van der Waals surface area contributed by atoms with Gasteiger partial charge in [0.1, 0.15) is 5.71 Å². The first-order valence-electron chi connectivity index (χ1n) is 3.79. The van der Waals surface area contributed by atoms with Gasteiger partial charge in [-0.2, -0.15) is 4.98 Å². The Hall–Kier alpha value is -1.45. The zero-order valence-electron chi connectivity index (χ0n) is 7.16. The second-order valence-electron chi connectivity index (χ2n) is 2.36. The minimum atomic E-state index is 0.286. The number of aryl methyl sites for hydroxylation is 1. The second kappa shape index (κ2) is 3.80. The summed E-state index contributed by atoms with van der Waals surface area (Å²) in [5, 5.41) is 11.1. The molecule has 0 amide bonds. The molecule has 0 aliphatic carbocycles. The predicted octanol–water partition coefficient (Wildman–Crippen LogP) is 1.71. The van der Waals surface area contributed by atoms with E-state index in [0.717, 1.165) is 6.42 Å². The molecule has 1 rings (SSSR count). The van der Waals surface area contributed by atoms with E-state index in [9.17, 15) is 0 Å². The molecular formula is C8H11N3O. The quantitative estimate of drug-likeness (QED) is 0.693. The molecule has 0 unspecified atom stereocenters. The molecule has 0 aromatic carbocycles. The molecule has 1 aromatic rings. The minimum absolute atomic E-state index is 0.286. The fraction of sp³-hybridized carbons (Fsp3) is 0.375. The Bertz CT molecular complexity index is 301. The van der Waals surface area contributed by atoms with Crippen LogP contribution < -0.4 is 0 Å². The number of nitrogens with one attached hydrogen (secondary N) is 1. The number of rotatable bonds is 3. The summed E-state index contributed by atoms with van der Waals surface area (Å²) in [6.07, 6.45) is 4.46. The normalized spacial score (nSPS) is 10.8. The lowest BCUT2D eigenvalue weighted by Gasteiger charge is -1.85. The smallest absolute Gasteiger partial charge is 0.223 e. The molecule has 0 aliphatic heterocycles. The van der Waals surface area contributed by atoms with Crippen LogP contribution in [0.25, 0.3) is 0 Å². The summed E-state index contributed by atoms with van der Waals surface area (Å²) in [5.74, 6) is 0.830. The van der Waals surface area contributed by atoms with Crippen LogP contribution >= 0.6 is 0 Å². The van der Waals surface area contributed by atoms with Crippen molar-refractivity contribution in [3.8, 4) is 0 Å². The van der Waals surface area contributed by atoms with Crippen LogP contribution in [-0.4, -0.2) is 15.9 Å². The van der Waals surface area contributed by atoms with Crippen LogP contribution in [0.2, 0.25) is 0 Å². The third-order valence-electron chi connectivity index (χ3n) is 1.29. The first-order valence-corrected chi connectivity index (χ1v) is 3.79. The van der Waals surface area contributed by atoms with Gasteiger partial charge in [0, 0.05) is 6.92 Å². The van der Waals surface area contributed by atoms with E-state index in [1.165, 1.54) is 0 Å². The van der Waals surface area contributed by atoms with Crippen molar-refractivity contribution in [2.75, 3.05) is 0 Å². The molecule has 0 spiro atoms. The zero-order valence-corrected chi connectivity index (χ0v) is 7.16. The summed E-state index contributed by atoms with van der Waals surface area (Å²) in [6, 6.07) is 0. The van der Waals surface area contributed by atoms with E-state index >= 15 is 0 Å². The summed E-state index contributed by atoms with van der Waals surface area (Å²) in [4.78, 5) is 3.91. The van der Waals surface area contributed by atoms with E-state index in [2.05, 4.69) is 10.1 Å². The van der Waals surface area contributed by atoms with Crippen LogP contribution in [0.5, 0.6) is 0 Å². The first-order chi connectivity index (χ1) is 5.74. The highest BCUT2D eigenvalue weighted by Gasteiger charge is 2.04. The van der Waals surface area contributed by atoms with E-state index in [-0.39, 0.29) is 5.71 Å². The third-order valence-corrected chi connectivity index (χ3v) is 1.29. The van der Waals surface area contributed by atoms with Crippen LogP contribution in [0.3, 0.4) is 0 Å². The second-order valence-corrected chi connectivity index (χ2v) is 2.36. The highest BCUT2D eigenvalue weighted by Crippen LogP contribution is 1.97. The highest BCUT2D eigenvalue weighted by atomic mass is 16.5. The summed E-state index contributed by atoms with van der Waals surface area (Å²) >= 11 is 0. The van der Waals surface area contributed by atoms with Crippen LogP contribution in [0.1, 0.15) is 25.1 Å². The topological polar surface area (TPSA) is 62.8 Å². The standard InChI is InChI=1S/C8H11N3O/c1-3-4-5-7(9)8-10-6(2)12-11-8/h4-5,9H,3H2,1-2H3/b5-4-,9-7?. The molecule has 0 fully saturated rings. The van der Waals surface area contributed by atoms with Crippen molar-refractivity contribution in [3.63, 3.8) is 0 Å². The summed E-state index contributed by atoms with van der Waals surface area (Å²) in [5.41, 5.74) is 0.286. The van der Waals surface area contributed by atoms with E-state index < -0.39 is 0 Å². The summed E-state index contributed by atoms with van der Waals surface area (Å²) in [6.45, 7) is 3.71. The minimum Gasteiger partial charge on any atom is -0.339 e. The molecule has 4 nitrogen and oxygen atoms in total. The van der Waals surface area contributed by atoms with Gasteiger partial charge in [-0.15, -0.1) is 0 Å². The van der Waals surface area contributed by atoms with Crippen molar-refractivity contribution >= 4 is 5.71 Å². The van der Waals surface area contributed by atoms with Crippen LogP contribution in [0, 0.1) is 12.3 Å². The highest BCUT2D eigenvalue weighted by molar-refractivity contribution is 6.03. The predicted molar refractivity (Wildman–Crippen MR) is 45.3 cm³/mol. The van der Waals surface area contributed by atoms with E-state index in [4.69, 9.17) is 9.93 Å². The van der Waals surface area contributed by atoms with Gasteiger partial charge in [0.2, 0.25) is 11.7 Å². The largest absolute Gasteiger partial charge is 0.339 e. The van der Waals surface area contributed by atoms with Gasteiger partial charge in [-0.25, -0.2) is 0 Å². The average Bonchev–Trinajstić information content (AvgIpc) is 2.47. The van der Waals surface area contributed by atoms with Gasteiger partial charge in [0.15, 0.2) is 0 Å². The fourth-order valence-corrected chi connectivity index (χ4v) is 0.719. The molecule has 1 heterocycles. The maximum atomic E-state index is 7.47. The SMILES string of the molecule is CC/C=C\C(=N)c1noc(C)n1. The van der Waals surface area contributed by atoms with Crippen LogP contribution in [-0.2, 0) is 0 Å². The van der Waals surface area contributed by atoms with Gasteiger partial charge in [-0.05, 0) is 12.5 Å². The molecule has 0 saturated heterocycles. The average molecular weight is 165 g/mol. The number of hydrogen-bond acceptors (Lipinski definition) is 4. The van der Waals surface area contributed by atoms with Gasteiger partial charge in [0.05, 0.1) is 0 Å². The Morgan fingerprint density at radius 3 is 2.92 bits per heavy atom. The monoisotopic (exact) mass is 165 g/mol. The maximum absolute atomic E-state index is 7.47. The molecule has 0 aliphatic rings. The summed E-state index contributed by atoms with van der Waals surface area (Å²) in [7, 11) is 0. The van der Waals surface area contributed by atoms with Crippen molar-refractivity contribution < 1.29 is 4.52 Å². The fourth-order valence-electron chi connectivity index (χ4n) is 0.719. The number of aromatic nitrogens is 2. The number of hydrogen-bond donors (Lipinski definition) is 1. The van der Waals surface area contributed by atoms with Gasteiger partial charge < -0.3 is 4.52 Å². The van der Waals surface area contributed by atoms with Gasteiger partial charge in [-0.1, -0.05) is 18.2 Å². The number of nitrogens with zero attached hydrogens (tertiary/aromatic N) is 2. The lowest BCUT2D eigenvalue weighted by atomic mass is 10.3. The molecule has 1 N–H and O–H groups in total. The molecule has 0 bridgehead atoms. The Balaban J connectivity index is 2.72. The molecule has 0 saturated carbocycles.